The van der Waals surface area contributed by atoms with Crippen molar-refractivity contribution in [1.29, 1.82) is 0 Å². The first kappa shape index (κ1) is 18.2. The van der Waals surface area contributed by atoms with Gasteiger partial charge in [0, 0.05) is 12.6 Å². The molecule has 5 N–H and O–H groups in total. The van der Waals surface area contributed by atoms with Crippen LogP contribution in [0, 0.1) is 0 Å². The topological polar surface area (TPSA) is 125 Å². The van der Waals surface area contributed by atoms with E-state index in [9.17, 15) is 14.4 Å². The van der Waals surface area contributed by atoms with E-state index in [1.54, 1.807) is 0 Å². The molecule has 0 fully saturated rings. The Morgan fingerprint density at radius 3 is 2.15 bits per heavy atom. The molecule has 2 atom stereocenters. The van der Waals surface area contributed by atoms with Crippen molar-refractivity contribution in [3.8, 4) is 0 Å². The smallest absolute Gasteiger partial charge is 0.326 e. The standard InChI is InChI=1S/C12H24N4O4/c1-4-16(5-2)7-8(3)14-12(20)15-9(11(18)19)6-10(13)17/h8-9H,4-7H2,1-3H3,(H2,13,17)(H,18,19)(H2,14,15,20). The Labute approximate surface area is 118 Å². The van der Waals surface area contributed by atoms with Crippen LogP contribution in [0.2, 0.25) is 0 Å². The second kappa shape index (κ2) is 9.13. The maximum atomic E-state index is 11.7. The van der Waals surface area contributed by atoms with E-state index in [1.165, 1.54) is 0 Å². The number of hydrogen-bond donors (Lipinski definition) is 4. The lowest BCUT2D eigenvalue weighted by molar-refractivity contribution is -0.140. The van der Waals surface area contributed by atoms with Gasteiger partial charge in [0.15, 0.2) is 0 Å². The van der Waals surface area contributed by atoms with Crippen LogP contribution < -0.4 is 16.4 Å². The summed E-state index contributed by atoms with van der Waals surface area (Å²) in [4.78, 5) is 35.4. The van der Waals surface area contributed by atoms with Gasteiger partial charge in [-0.05, 0) is 20.0 Å². The fourth-order valence-electron chi connectivity index (χ4n) is 1.74. The van der Waals surface area contributed by atoms with Gasteiger partial charge in [0.1, 0.15) is 6.04 Å². The van der Waals surface area contributed by atoms with Crippen molar-refractivity contribution in [2.24, 2.45) is 5.73 Å². The van der Waals surface area contributed by atoms with Gasteiger partial charge in [0.05, 0.1) is 6.42 Å². The third-order valence-electron chi connectivity index (χ3n) is 2.81. The van der Waals surface area contributed by atoms with Gasteiger partial charge < -0.3 is 26.4 Å². The van der Waals surface area contributed by atoms with Crippen LogP contribution in [0.25, 0.3) is 0 Å². The number of amides is 3. The lowest BCUT2D eigenvalue weighted by Crippen LogP contribution is -2.51. The summed E-state index contributed by atoms with van der Waals surface area (Å²) in [6.07, 6.45) is -0.437. The van der Waals surface area contributed by atoms with Crippen molar-refractivity contribution in [1.82, 2.24) is 15.5 Å². The summed E-state index contributed by atoms with van der Waals surface area (Å²) >= 11 is 0. The molecule has 2 unspecified atom stereocenters. The fourth-order valence-corrected chi connectivity index (χ4v) is 1.74. The van der Waals surface area contributed by atoms with E-state index in [4.69, 9.17) is 10.8 Å². The Morgan fingerprint density at radius 2 is 1.75 bits per heavy atom. The fraction of sp³-hybridized carbons (Fsp3) is 0.750. The molecule has 3 amide bonds. The molecule has 0 aliphatic carbocycles. The summed E-state index contributed by atoms with van der Waals surface area (Å²) in [5.41, 5.74) is 4.93. The lowest BCUT2D eigenvalue weighted by Gasteiger charge is -2.24. The average molecular weight is 288 g/mol. The van der Waals surface area contributed by atoms with Gasteiger partial charge in [0.25, 0.3) is 0 Å². The molecular weight excluding hydrogens is 264 g/mol. The molecule has 8 nitrogen and oxygen atoms in total. The number of nitrogens with zero attached hydrogens (tertiary/aromatic N) is 1. The minimum atomic E-state index is -1.31. The van der Waals surface area contributed by atoms with E-state index in [0.717, 1.165) is 13.1 Å². The molecule has 0 saturated carbocycles. The Bertz CT molecular complexity index is 344. The molecule has 20 heavy (non-hydrogen) atoms. The molecular formula is C12H24N4O4. The molecule has 0 saturated heterocycles. The molecule has 0 aromatic heterocycles. The number of nitrogens with one attached hydrogen (secondary N) is 2. The molecule has 0 heterocycles. The van der Waals surface area contributed by atoms with Crippen LogP contribution >= 0.6 is 0 Å². The third-order valence-corrected chi connectivity index (χ3v) is 2.81. The van der Waals surface area contributed by atoms with Crippen LogP contribution in [0.15, 0.2) is 0 Å². The molecule has 0 bridgehead atoms. The highest BCUT2D eigenvalue weighted by molar-refractivity contribution is 5.87. The first-order valence-corrected chi connectivity index (χ1v) is 6.60. The van der Waals surface area contributed by atoms with Crippen LogP contribution in [0.5, 0.6) is 0 Å². The van der Waals surface area contributed by atoms with E-state index in [0.29, 0.717) is 6.54 Å². The number of carboxylic acid groups (broad SMARTS) is 1. The lowest BCUT2D eigenvalue weighted by atomic mass is 10.2. The summed E-state index contributed by atoms with van der Waals surface area (Å²) in [6, 6.07) is -2.08. The van der Waals surface area contributed by atoms with Crippen LogP contribution in [0.3, 0.4) is 0 Å². The molecule has 116 valence electrons. The highest BCUT2D eigenvalue weighted by Gasteiger charge is 2.22. The number of carboxylic acids is 1. The predicted octanol–water partition coefficient (Wildman–Crippen LogP) is -0.655. The van der Waals surface area contributed by atoms with E-state index in [2.05, 4.69) is 15.5 Å². The number of aliphatic carboxylic acids is 1. The molecule has 0 aromatic rings. The second-order valence-electron chi connectivity index (χ2n) is 4.57. The molecule has 8 heteroatoms. The summed E-state index contributed by atoms with van der Waals surface area (Å²) in [7, 11) is 0. The van der Waals surface area contributed by atoms with Crippen molar-refractivity contribution in [2.45, 2.75) is 39.3 Å². The monoisotopic (exact) mass is 288 g/mol. The minimum Gasteiger partial charge on any atom is -0.480 e. The summed E-state index contributed by atoms with van der Waals surface area (Å²) < 4.78 is 0. The number of nitrogens with two attached hydrogens (primary N) is 1. The third kappa shape index (κ3) is 7.57. The van der Waals surface area contributed by atoms with Gasteiger partial charge in [-0.15, -0.1) is 0 Å². The zero-order valence-electron chi connectivity index (χ0n) is 12.2. The van der Waals surface area contributed by atoms with E-state index < -0.39 is 30.4 Å². The van der Waals surface area contributed by atoms with Crippen LogP contribution in [0.4, 0.5) is 4.79 Å². The van der Waals surface area contributed by atoms with Gasteiger partial charge >= 0.3 is 12.0 Å². The van der Waals surface area contributed by atoms with Crippen molar-refractivity contribution in [3.63, 3.8) is 0 Å². The molecule has 0 aliphatic heterocycles. The van der Waals surface area contributed by atoms with Gasteiger partial charge in [-0.2, -0.15) is 0 Å². The van der Waals surface area contributed by atoms with E-state index in [1.807, 2.05) is 20.8 Å². The molecule has 0 radical (unpaired) electrons. The summed E-state index contributed by atoms with van der Waals surface area (Å²) in [6.45, 7) is 8.25. The number of urea groups is 1. The number of carbonyl (C=O) groups is 3. The van der Waals surface area contributed by atoms with E-state index in [-0.39, 0.29) is 6.04 Å². The van der Waals surface area contributed by atoms with Gasteiger partial charge in [-0.1, -0.05) is 13.8 Å². The largest absolute Gasteiger partial charge is 0.480 e. The average Bonchev–Trinajstić information content (AvgIpc) is 2.34. The molecule has 0 aromatic carbocycles. The Balaban J connectivity index is 4.31. The highest BCUT2D eigenvalue weighted by atomic mass is 16.4. The number of carbonyl (C=O) groups excluding carboxylic acids is 2. The number of primary amides is 1. The van der Waals surface area contributed by atoms with Crippen molar-refractivity contribution in [2.75, 3.05) is 19.6 Å². The zero-order valence-corrected chi connectivity index (χ0v) is 12.2. The number of likely N-dealkylation sites (N-methyl/N-ethyl adjacent to an activating group) is 1. The van der Waals surface area contributed by atoms with Crippen molar-refractivity contribution < 1.29 is 19.5 Å². The quantitative estimate of drug-likeness (QED) is 0.448. The number of rotatable bonds is 9. The second-order valence-corrected chi connectivity index (χ2v) is 4.57. The normalized spacial score (nSPS) is 13.6. The highest BCUT2D eigenvalue weighted by Crippen LogP contribution is 1.94. The molecule has 0 spiro atoms. The maximum Gasteiger partial charge on any atom is 0.326 e. The summed E-state index contributed by atoms with van der Waals surface area (Å²) in [5.74, 6) is -2.08. The number of hydrogen-bond acceptors (Lipinski definition) is 4. The Hall–Kier alpha value is -1.83. The summed E-state index contributed by atoms with van der Waals surface area (Å²) in [5, 5.41) is 13.7. The molecule has 0 rings (SSSR count). The van der Waals surface area contributed by atoms with Crippen LogP contribution in [0.1, 0.15) is 27.2 Å². The zero-order chi connectivity index (χ0) is 15.7. The molecule has 0 aliphatic rings. The first-order valence-electron chi connectivity index (χ1n) is 6.60. The van der Waals surface area contributed by atoms with Crippen molar-refractivity contribution in [3.05, 3.63) is 0 Å². The maximum absolute atomic E-state index is 11.7. The Kier molecular flexibility index (Phi) is 8.30. The van der Waals surface area contributed by atoms with Crippen LogP contribution in [-0.4, -0.2) is 59.6 Å². The van der Waals surface area contributed by atoms with Gasteiger partial charge in [-0.3, -0.25) is 4.79 Å². The first-order chi connectivity index (χ1) is 9.29. The van der Waals surface area contributed by atoms with Gasteiger partial charge in [0.2, 0.25) is 5.91 Å². The van der Waals surface area contributed by atoms with Crippen LogP contribution in [-0.2, 0) is 9.59 Å². The Morgan fingerprint density at radius 1 is 1.20 bits per heavy atom. The predicted molar refractivity (Wildman–Crippen MR) is 74.2 cm³/mol. The van der Waals surface area contributed by atoms with Gasteiger partial charge in [-0.25, -0.2) is 9.59 Å². The van der Waals surface area contributed by atoms with E-state index >= 15 is 0 Å². The minimum absolute atomic E-state index is 0.141. The SMILES string of the molecule is CCN(CC)CC(C)NC(=O)NC(CC(N)=O)C(=O)O. The van der Waals surface area contributed by atoms with Crippen molar-refractivity contribution >= 4 is 17.9 Å².